The summed E-state index contributed by atoms with van der Waals surface area (Å²) in [7, 11) is 0. The van der Waals surface area contributed by atoms with Gasteiger partial charge in [-0.3, -0.25) is 0 Å². The Morgan fingerprint density at radius 1 is 0.909 bits per heavy atom. The van der Waals surface area contributed by atoms with Gasteiger partial charge in [0.15, 0.2) is 17.2 Å². The number of ether oxygens (including phenoxy) is 1. The SMILES string of the molecule is Oc1c(Cl)c2c(Cl)c(c1Cl)O2. The summed E-state index contributed by atoms with van der Waals surface area (Å²) in [5.74, 6) is 0.421. The van der Waals surface area contributed by atoms with E-state index in [2.05, 4.69) is 0 Å². The Kier molecular flexibility index (Phi) is 1.40. The van der Waals surface area contributed by atoms with Crippen LogP contribution in [0.3, 0.4) is 0 Å². The van der Waals surface area contributed by atoms with E-state index >= 15 is 0 Å². The first kappa shape index (κ1) is 7.35. The van der Waals surface area contributed by atoms with Gasteiger partial charge in [-0.1, -0.05) is 34.8 Å². The van der Waals surface area contributed by atoms with Gasteiger partial charge in [0, 0.05) is 0 Å². The monoisotopic (exact) mass is 210 g/mol. The molecule has 0 unspecified atom stereocenters. The van der Waals surface area contributed by atoms with Crippen molar-refractivity contribution in [3.05, 3.63) is 15.1 Å². The standard InChI is InChI=1S/C6HCl3O2/c7-1-4(10)2(8)6-3(9)5(1)11-6/h10H. The molecule has 2 heterocycles. The van der Waals surface area contributed by atoms with Crippen LogP contribution in [0.4, 0.5) is 0 Å². The highest BCUT2D eigenvalue weighted by Crippen LogP contribution is 2.59. The van der Waals surface area contributed by atoms with Crippen LogP contribution >= 0.6 is 34.8 Å². The maximum absolute atomic E-state index is 9.15. The van der Waals surface area contributed by atoms with Gasteiger partial charge in [-0.15, -0.1) is 0 Å². The van der Waals surface area contributed by atoms with Gasteiger partial charge in [0.05, 0.1) is 0 Å². The number of hydrogen-bond acceptors (Lipinski definition) is 2. The number of aromatic hydroxyl groups is 1. The zero-order valence-corrected chi connectivity index (χ0v) is 7.26. The van der Waals surface area contributed by atoms with E-state index in [1.165, 1.54) is 0 Å². The summed E-state index contributed by atoms with van der Waals surface area (Å²) in [4.78, 5) is 0. The molecule has 1 aromatic carbocycles. The van der Waals surface area contributed by atoms with Gasteiger partial charge in [-0.05, 0) is 0 Å². The number of phenolic OH excluding ortho intramolecular Hbond substituents is 1. The Morgan fingerprint density at radius 3 is 1.73 bits per heavy atom. The highest BCUT2D eigenvalue weighted by molar-refractivity contribution is 6.45. The molecule has 0 saturated heterocycles. The summed E-state index contributed by atoms with van der Waals surface area (Å²) in [6, 6.07) is 0. The number of fused-ring (bicyclic) bond motifs is 2. The molecule has 0 atom stereocenters. The van der Waals surface area contributed by atoms with Gasteiger partial charge in [-0.25, -0.2) is 0 Å². The number of hydrogen-bond donors (Lipinski definition) is 1. The van der Waals surface area contributed by atoms with Crippen LogP contribution in [0, 0.1) is 0 Å². The molecule has 11 heavy (non-hydrogen) atoms. The second-order valence-corrected chi connectivity index (χ2v) is 3.18. The van der Waals surface area contributed by atoms with E-state index in [1.807, 2.05) is 0 Å². The summed E-state index contributed by atoms with van der Waals surface area (Å²) in [6.07, 6.45) is 0. The second kappa shape index (κ2) is 2.09. The lowest BCUT2D eigenvalue weighted by molar-refractivity contribution is 0.412. The van der Waals surface area contributed by atoms with Crippen LogP contribution in [-0.4, -0.2) is 5.11 Å². The first-order chi connectivity index (χ1) is 5.13. The van der Waals surface area contributed by atoms with Gasteiger partial charge in [0.1, 0.15) is 15.1 Å². The highest BCUT2D eigenvalue weighted by Gasteiger charge is 2.31. The Balaban J connectivity index is 2.81. The number of halogens is 3. The molecule has 0 saturated carbocycles. The van der Waals surface area contributed by atoms with Gasteiger partial charge in [-0.2, -0.15) is 0 Å². The van der Waals surface area contributed by atoms with Gasteiger partial charge < -0.3 is 9.84 Å². The highest BCUT2D eigenvalue weighted by atomic mass is 35.5. The van der Waals surface area contributed by atoms with Gasteiger partial charge in [0.25, 0.3) is 0 Å². The van der Waals surface area contributed by atoms with E-state index in [9.17, 15) is 0 Å². The molecule has 2 nitrogen and oxygen atoms in total. The van der Waals surface area contributed by atoms with Crippen molar-refractivity contribution in [1.82, 2.24) is 0 Å². The average Bonchev–Trinajstić information content (AvgIpc) is 1.97. The van der Waals surface area contributed by atoms with Crippen molar-refractivity contribution >= 4 is 34.8 Å². The Hall–Kier alpha value is -0.310. The number of rotatable bonds is 0. The smallest absolute Gasteiger partial charge is 0.172 e. The van der Waals surface area contributed by atoms with Crippen molar-refractivity contribution in [2.24, 2.45) is 0 Å². The molecule has 0 aromatic heterocycles. The third kappa shape index (κ3) is 0.747. The molecule has 2 bridgehead atoms. The third-order valence-electron chi connectivity index (χ3n) is 1.42. The van der Waals surface area contributed by atoms with Crippen LogP contribution in [0.2, 0.25) is 15.1 Å². The predicted molar refractivity (Wildman–Crippen MR) is 43.2 cm³/mol. The van der Waals surface area contributed by atoms with Crippen molar-refractivity contribution in [2.45, 2.75) is 0 Å². The third-order valence-corrected chi connectivity index (χ3v) is 2.46. The van der Waals surface area contributed by atoms with E-state index in [4.69, 9.17) is 44.6 Å². The van der Waals surface area contributed by atoms with Crippen LogP contribution in [0.15, 0.2) is 0 Å². The quantitative estimate of drug-likeness (QED) is 0.723. The number of benzene rings is 1. The maximum atomic E-state index is 9.15. The second-order valence-electron chi connectivity index (χ2n) is 2.05. The van der Waals surface area contributed by atoms with Crippen molar-refractivity contribution in [3.8, 4) is 17.2 Å². The Labute approximate surface area is 77.2 Å². The van der Waals surface area contributed by atoms with Crippen LogP contribution in [0.5, 0.6) is 17.2 Å². The van der Waals surface area contributed by atoms with Gasteiger partial charge >= 0.3 is 0 Å². The fourth-order valence-electron chi connectivity index (χ4n) is 0.842. The van der Waals surface area contributed by atoms with Crippen LogP contribution < -0.4 is 4.74 Å². The molecule has 0 fully saturated rings. The lowest BCUT2D eigenvalue weighted by Gasteiger charge is -2.23. The summed E-state index contributed by atoms with van der Waals surface area (Å²) in [5.41, 5.74) is 0. The van der Waals surface area contributed by atoms with Crippen molar-refractivity contribution in [3.63, 3.8) is 0 Å². The van der Waals surface area contributed by atoms with Crippen molar-refractivity contribution in [1.29, 1.82) is 0 Å². The van der Waals surface area contributed by atoms with E-state index in [0.29, 0.717) is 16.5 Å². The van der Waals surface area contributed by atoms with Crippen molar-refractivity contribution < 1.29 is 9.84 Å². The normalized spacial score (nSPS) is 12.3. The Bertz CT molecular complexity index is 312. The lowest BCUT2D eigenvalue weighted by atomic mass is 10.2. The number of phenols is 1. The average molecular weight is 211 g/mol. The predicted octanol–water partition coefficient (Wildman–Crippen LogP) is 3.46. The van der Waals surface area contributed by atoms with Gasteiger partial charge in [0.2, 0.25) is 0 Å². The fourth-order valence-corrected chi connectivity index (χ4v) is 1.71. The van der Waals surface area contributed by atoms with Crippen LogP contribution in [-0.2, 0) is 0 Å². The van der Waals surface area contributed by atoms with E-state index < -0.39 is 0 Å². The molecular formula is C6HCl3O2. The summed E-state index contributed by atoms with van der Waals surface area (Å²) >= 11 is 16.8. The van der Waals surface area contributed by atoms with Crippen molar-refractivity contribution in [2.75, 3.05) is 0 Å². The molecule has 5 heteroatoms. The summed E-state index contributed by atoms with van der Waals surface area (Å²) in [6.45, 7) is 0. The molecule has 0 radical (unpaired) electrons. The van der Waals surface area contributed by atoms with Crippen LogP contribution in [0.1, 0.15) is 0 Å². The maximum Gasteiger partial charge on any atom is 0.172 e. The first-order valence-electron chi connectivity index (χ1n) is 2.70. The minimum atomic E-state index is -0.172. The molecule has 2 aliphatic rings. The molecule has 1 aromatic rings. The Morgan fingerprint density at radius 2 is 1.36 bits per heavy atom. The zero-order chi connectivity index (χ0) is 8.17. The summed E-state index contributed by atoms with van der Waals surface area (Å²) in [5, 5.41) is 9.65. The molecule has 3 rings (SSSR count). The van der Waals surface area contributed by atoms with Crippen LogP contribution in [0.25, 0.3) is 0 Å². The molecule has 1 N–H and O–H groups in total. The summed E-state index contributed by atoms with van der Waals surface area (Å²) < 4.78 is 4.93. The molecular weight excluding hydrogens is 210 g/mol. The topological polar surface area (TPSA) is 29.5 Å². The zero-order valence-electron chi connectivity index (χ0n) is 4.99. The lowest BCUT2D eigenvalue weighted by Crippen LogP contribution is -2.00. The largest absolute Gasteiger partial charge is 0.505 e. The van der Waals surface area contributed by atoms with E-state index in [-0.39, 0.29) is 15.8 Å². The van der Waals surface area contributed by atoms with E-state index in [0.717, 1.165) is 0 Å². The molecule has 2 aliphatic heterocycles. The minimum absolute atomic E-state index is 0.0648. The fraction of sp³-hybridized carbons (Fsp3) is 0. The minimum Gasteiger partial charge on any atom is -0.505 e. The molecule has 58 valence electrons. The first-order valence-corrected chi connectivity index (χ1v) is 3.83. The molecule has 0 spiro atoms. The molecule has 0 amide bonds. The van der Waals surface area contributed by atoms with E-state index in [1.54, 1.807) is 0 Å². The molecule has 0 aliphatic carbocycles.